The number of nitro benzene ring substituents is 1. The number of nitrogens with zero attached hydrogens (tertiary/aromatic N) is 2. The van der Waals surface area contributed by atoms with E-state index < -0.39 is 16.6 Å². The molecule has 0 atom stereocenters. The van der Waals surface area contributed by atoms with Gasteiger partial charge in [0, 0.05) is 12.1 Å². The lowest BCUT2D eigenvalue weighted by Gasteiger charge is -2.04. The SMILES string of the molecule is O=C(COc1ccc(F)cc1)NN=Cc1ccc([N+](=O)[O-])cc1. The van der Waals surface area contributed by atoms with Crippen molar-refractivity contribution in [2.75, 3.05) is 6.61 Å². The number of carbonyl (C=O) groups is 1. The van der Waals surface area contributed by atoms with E-state index in [-0.39, 0.29) is 12.3 Å². The van der Waals surface area contributed by atoms with Gasteiger partial charge in [-0.2, -0.15) is 5.10 Å². The van der Waals surface area contributed by atoms with Crippen LogP contribution in [-0.4, -0.2) is 23.7 Å². The molecule has 0 aliphatic rings. The second kappa shape index (κ2) is 7.64. The molecule has 0 aromatic heterocycles. The Bertz CT molecular complexity index is 715. The van der Waals surface area contributed by atoms with E-state index in [1.807, 2.05) is 0 Å². The molecule has 7 nitrogen and oxygen atoms in total. The third-order valence-electron chi connectivity index (χ3n) is 2.69. The Labute approximate surface area is 130 Å². The van der Waals surface area contributed by atoms with Gasteiger partial charge in [0.05, 0.1) is 11.1 Å². The molecule has 2 rings (SSSR count). The van der Waals surface area contributed by atoms with E-state index in [0.29, 0.717) is 11.3 Å². The third kappa shape index (κ3) is 5.20. The largest absolute Gasteiger partial charge is 0.484 e. The number of carbonyl (C=O) groups excluding carboxylic acids is 1. The molecule has 1 N–H and O–H groups in total. The van der Waals surface area contributed by atoms with Crippen molar-refractivity contribution in [3.63, 3.8) is 0 Å². The number of halogens is 1. The maximum absolute atomic E-state index is 12.7. The highest BCUT2D eigenvalue weighted by atomic mass is 19.1. The summed E-state index contributed by atoms with van der Waals surface area (Å²) in [7, 11) is 0. The normalized spacial score (nSPS) is 10.5. The Hall–Kier alpha value is -3.29. The van der Waals surface area contributed by atoms with Crippen LogP contribution >= 0.6 is 0 Å². The van der Waals surface area contributed by atoms with Gasteiger partial charge in [-0.1, -0.05) is 0 Å². The van der Waals surface area contributed by atoms with Gasteiger partial charge in [-0.3, -0.25) is 14.9 Å². The lowest BCUT2D eigenvalue weighted by molar-refractivity contribution is -0.384. The Morgan fingerprint density at radius 1 is 1.22 bits per heavy atom. The van der Waals surface area contributed by atoms with Crippen molar-refractivity contribution in [1.29, 1.82) is 0 Å². The molecule has 0 aliphatic carbocycles. The molecule has 0 saturated heterocycles. The third-order valence-corrected chi connectivity index (χ3v) is 2.69. The molecule has 0 aliphatic heterocycles. The Morgan fingerprint density at radius 2 is 1.87 bits per heavy atom. The maximum atomic E-state index is 12.7. The van der Waals surface area contributed by atoms with Crippen molar-refractivity contribution in [1.82, 2.24) is 5.43 Å². The predicted octanol–water partition coefficient (Wildman–Crippen LogP) is 2.26. The van der Waals surface area contributed by atoms with Crippen molar-refractivity contribution < 1.29 is 18.8 Å². The van der Waals surface area contributed by atoms with Crippen molar-refractivity contribution in [2.24, 2.45) is 5.10 Å². The van der Waals surface area contributed by atoms with Gasteiger partial charge in [0.1, 0.15) is 11.6 Å². The number of rotatable bonds is 6. The summed E-state index contributed by atoms with van der Waals surface area (Å²) < 4.78 is 17.8. The van der Waals surface area contributed by atoms with E-state index in [9.17, 15) is 19.3 Å². The molecule has 0 heterocycles. The van der Waals surface area contributed by atoms with Crippen LogP contribution in [-0.2, 0) is 4.79 Å². The van der Waals surface area contributed by atoms with E-state index in [2.05, 4.69) is 10.5 Å². The summed E-state index contributed by atoms with van der Waals surface area (Å²) in [4.78, 5) is 21.5. The van der Waals surface area contributed by atoms with Crippen LogP contribution < -0.4 is 10.2 Å². The number of benzene rings is 2. The summed E-state index contributed by atoms with van der Waals surface area (Å²) in [6.07, 6.45) is 1.35. The topological polar surface area (TPSA) is 93.8 Å². The van der Waals surface area contributed by atoms with Crippen LogP contribution in [0.3, 0.4) is 0 Å². The molecule has 2 aromatic rings. The fraction of sp³-hybridized carbons (Fsp3) is 0.0667. The number of amides is 1. The summed E-state index contributed by atoms with van der Waals surface area (Å²) in [5.41, 5.74) is 2.81. The van der Waals surface area contributed by atoms with Gasteiger partial charge in [0.15, 0.2) is 6.61 Å². The summed E-state index contributed by atoms with van der Waals surface area (Å²) in [5.74, 6) is -0.525. The first kappa shape index (κ1) is 16.1. The fourth-order valence-corrected chi connectivity index (χ4v) is 1.57. The predicted molar refractivity (Wildman–Crippen MR) is 80.7 cm³/mol. The van der Waals surface area contributed by atoms with E-state index in [0.717, 1.165) is 0 Å². The molecule has 0 radical (unpaired) electrons. The van der Waals surface area contributed by atoms with Gasteiger partial charge < -0.3 is 4.74 Å². The first-order chi connectivity index (χ1) is 11.0. The zero-order chi connectivity index (χ0) is 16.7. The minimum Gasteiger partial charge on any atom is -0.484 e. The lowest BCUT2D eigenvalue weighted by Crippen LogP contribution is -2.24. The van der Waals surface area contributed by atoms with Gasteiger partial charge >= 0.3 is 0 Å². The van der Waals surface area contributed by atoms with Crippen LogP contribution in [0, 0.1) is 15.9 Å². The highest BCUT2D eigenvalue weighted by molar-refractivity contribution is 5.83. The molecular formula is C15H12FN3O4. The molecule has 0 spiro atoms. The number of hydrogen-bond acceptors (Lipinski definition) is 5. The van der Waals surface area contributed by atoms with Crippen LogP contribution in [0.2, 0.25) is 0 Å². The average molecular weight is 317 g/mol. The van der Waals surface area contributed by atoms with Crippen LogP contribution in [0.15, 0.2) is 53.6 Å². The Balaban J connectivity index is 1.79. The van der Waals surface area contributed by atoms with Gasteiger partial charge in [0.2, 0.25) is 0 Å². The van der Waals surface area contributed by atoms with E-state index in [1.54, 1.807) is 0 Å². The monoisotopic (exact) mass is 317 g/mol. The molecule has 0 fully saturated rings. The quantitative estimate of drug-likeness (QED) is 0.502. The van der Waals surface area contributed by atoms with Crippen molar-refractivity contribution in [2.45, 2.75) is 0 Å². The average Bonchev–Trinajstić information content (AvgIpc) is 2.55. The summed E-state index contributed by atoms with van der Waals surface area (Å²) in [6.45, 7) is -0.275. The second-order valence-corrected chi connectivity index (χ2v) is 4.38. The molecule has 0 unspecified atom stereocenters. The minimum absolute atomic E-state index is 0.0288. The van der Waals surface area contributed by atoms with Gasteiger partial charge in [-0.25, -0.2) is 9.82 Å². The molecule has 2 aromatic carbocycles. The Kier molecular flexibility index (Phi) is 5.35. The lowest BCUT2D eigenvalue weighted by atomic mass is 10.2. The zero-order valence-corrected chi connectivity index (χ0v) is 11.8. The smallest absolute Gasteiger partial charge is 0.277 e. The standard InChI is InChI=1S/C15H12FN3O4/c16-12-3-7-14(8-4-12)23-10-15(20)18-17-9-11-1-5-13(6-2-11)19(21)22/h1-9H,10H2,(H,18,20). The molecule has 8 heteroatoms. The van der Waals surface area contributed by atoms with Gasteiger partial charge in [-0.15, -0.1) is 0 Å². The number of nitrogens with one attached hydrogen (secondary N) is 1. The number of nitro groups is 1. The van der Waals surface area contributed by atoms with Crippen LogP contribution in [0.25, 0.3) is 0 Å². The number of hydrazone groups is 1. The van der Waals surface area contributed by atoms with E-state index in [1.165, 1.54) is 54.7 Å². The zero-order valence-electron chi connectivity index (χ0n) is 11.8. The minimum atomic E-state index is -0.504. The van der Waals surface area contributed by atoms with Crippen LogP contribution in [0.5, 0.6) is 5.75 Å². The summed E-state index contributed by atoms with van der Waals surface area (Å²) in [6, 6.07) is 10.9. The van der Waals surface area contributed by atoms with Crippen LogP contribution in [0.4, 0.5) is 10.1 Å². The van der Waals surface area contributed by atoms with Gasteiger partial charge in [0.25, 0.3) is 11.6 Å². The fourth-order valence-electron chi connectivity index (χ4n) is 1.57. The molecule has 23 heavy (non-hydrogen) atoms. The van der Waals surface area contributed by atoms with Crippen LogP contribution in [0.1, 0.15) is 5.56 Å². The van der Waals surface area contributed by atoms with E-state index >= 15 is 0 Å². The van der Waals surface area contributed by atoms with Gasteiger partial charge in [-0.05, 0) is 42.0 Å². The molecule has 1 amide bonds. The van der Waals surface area contributed by atoms with Crippen molar-refractivity contribution >= 4 is 17.8 Å². The first-order valence-electron chi connectivity index (χ1n) is 6.49. The number of ether oxygens (including phenoxy) is 1. The highest BCUT2D eigenvalue weighted by Gasteiger charge is 2.03. The number of non-ortho nitro benzene ring substituents is 1. The first-order valence-corrected chi connectivity index (χ1v) is 6.49. The maximum Gasteiger partial charge on any atom is 0.277 e. The summed E-state index contributed by atoms with van der Waals surface area (Å²) in [5, 5.41) is 14.2. The van der Waals surface area contributed by atoms with Crippen molar-refractivity contribution in [3.05, 3.63) is 70.0 Å². The molecule has 0 bridgehead atoms. The van der Waals surface area contributed by atoms with Crippen molar-refractivity contribution in [3.8, 4) is 5.75 Å². The second-order valence-electron chi connectivity index (χ2n) is 4.38. The molecular weight excluding hydrogens is 305 g/mol. The van der Waals surface area contributed by atoms with E-state index in [4.69, 9.17) is 4.74 Å². The highest BCUT2D eigenvalue weighted by Crippen LogP contribution is 2.11. The molecule has 0 saturated carbocycles. The Morgan fingerprint density at radius 3 is 2.48 bits per heavy atom. The number of hydrogen-bond donors (Lipinski definition) is 1. The molecule has 118 valence electrons. The summed E-state index contributed by atoms with van der Waals surface area (Å²) >= 11 is 0.